The van der Waals surface area contributed by atoms with Crippen molar-refractivity contribution in [2.45, 2.75) is 45.1 Å². The number of amides is 1. The fourth-order valence-electron chi connectivity index (χ4n) is 2.77. The average Bonchev–Trinajstić information content (AvgIpc) is 2.52. The summed E-state index contributed by atoms with van der Waals surface area (Å²) < 4.78 is 5.67. The minimum atomic E-state index is 0. The lowest BCUT2D eigenvalue weighted by atomic mass is 10.0. The van der Waals surface area contributed by atoms with Gasteiger partial charge >= 0.3 is 0 Å². The first-order chi connectivity index (χ1) is 10.1. The van der Waals surface area contributed by atoms with Gasteiger partial charge in [-0.3, -0.25) is 4.79 Å². The van der Waals surface area contributed by atoms with Gasteiger partial charge in [0.25, 0.3) is 5.91 Å². The van der Waals surface area contributed by atoms with Gasteiger partial charge in [0.15, 0.2) is 6.61 Å². The SMILES string of the molecule is CC(C)c1cccc(OCC(=O)N2CCCCC2CN)c1.Cl. The van der Waals surface area contributed by atoms with Crippen molar-refractivity contribution in [1.29, 1.82) is 0 Å². The van der Waals surface area contributed by atoms with Gasteiger partial charge in [0.1, 0.15) is 5.75 Å². The third-order valence-electron chi connectivity index (χ3n) is 4.11. The largest absolute Gasteiger partial charge is 0.484 e. The van der Waals surface area contributed by atoms with Crippen LogP contribution in [0.4, 0.5) is 0 Å². The molecule has 1 fully saturated rings. The summed E-state index contributed by atoms with van der Waals surface area (Å²) in [5.41, 5.74) is 6.98. The Morgan fingerprint density at radius 2 is 2.18 bits per heavy atom. The van der Waals surface area contributed by atoms with E-state index in [1.165, 1.54) is 5.56 Å². The predicted molar refractivity (Wildman–Crippen MR) is 91.7 cm³/mol. The minimum absolute atomic E-state index is 0. The molecule has 2 N–H and O–H groups in total. The fraction of sp³-hybridized carbons (Fsp3) is 0.588. The molecule has 1 aromatic carbocycles. The zero-order valence-electron chi connectivity index (χ0n) is 13.5. The zero-order valence-corrected chi connectivity index (χ0v) is 14.3. The Bertz CT molecular complexity index is 479. The Balaban J connectivity index is 0.00000242. The molecule has 0 saturated carbocycles. The number of benzene rings is 1. The molecule has 1 unspecified atom stereocenters. The Labute approximate surface area is 139 Å². The number of rotatable bonds is 5. The van der Waals surface area contributed by atoms with Gasteiger partial charge in [-0.15, -0.1) is 12.4 Å². The summed E-state index contributed by atoms with van der Waals surface area (Å²) in [7, 11) is 0. The molecular formula is C17H27ClN2O2. The van der Waals surface area contributed by atoms with Crippen LogP contribution in [0.25, 0.3) is 0 Å². The van der Waals surface area contributed by atoms with Gasteiger partial charge in [-0.1, -0.05) is 26.0 Å². The van der Waals surface area contributed by atoms with Gasteiger partial charge < -0.3 is 15.4 Å². The van der Waals surface area contributed by atoms with Crippen molar-refractivity contribution >= 4 is 18.3 Å². The van der Waals surface area contributed by atoms with Gasteiger partial charge in [0, 0.05) is 19.1 Å². The summed E-state index contributed by atoms with van der Waals surface area (Å²) in [5, 5.41) is 0. The van der Waals surface area contributed by atoms with E-state index in [1.54, 1.807) is 0 Å². The predicted octanol–water partition coefficient (Wildman–Crippen LogP) is 2.95. The number of ether oxygens (including phenoxy) is 1. The zero-order chi connectivity index (χ0) is 15.2. The monoisotopic (exact) mass is 326 g/mol. The molecule has 0 spiro atoms. The van der Waals surface area contributed by atoms with Crippen LogP contribution in [0, 0.1) is 0 Å². The number of nitrogens with zero attached hydrogens (tertiary/aromatic N) is 1. The maximum Gasteiger partial charge on any atom is 0.260 e. The van der Waals surface area contributed by atoms with Crippen LogP contribution in [-0.2, 0) is 4.79 Å². The second-order valence-corrected chi connectivity index (χ2v) is 5.99. The van der Waals surface area contributed by atoms with Crippen LogP contribution in [0.5, 0.6) is 5.75 Å². The lowest BCUT2D eigenvalue weighted by Crippen LogP contribution is -2.49. The quantitative estimate of drug-likeness (QED) is 0.905. The lowest BCUT2D eigenvalue weighted by Gasteiger charge is -2.34. The summed E-state index contributed by atoms with van der Waals surface area (Å²) >= 11 is 0. The summed E-state index contributed by atoms with van der Waals surface area (Å²) in [5.74, 6) is 1.25. The van der Waals surface area contributed by atoms with E-state index in [2.05, 4.69) is 19.9 Å². The molecule has 1 aliphatic rings. The van der Waals surface area contributed by atoms with Crippen molar-refractivity contribution < 1.29 is 9.53 Å². The molecular weight excluding hydrogens is 300 g/mol. The van der Waals surface area contributed by atoms with E-state index in [1.807, 2.05) is 23.1 Å². The summed E-state index contributed by atoms with van der Waals surface area (Å²) in [4.78, 5) is 14.2. The number of hydrogen-bond acceptors (Lipinski definition) is 3. The summed E-state index contributed by atoms with van der Waals surface area (Å²) in [6.07, 6.45) is 3.22. The molecule has 1 aromatic rings. The molecule has 1 atom stereocenters. The van der Waals surface area contributed by atoms with Gasteiger partial charge in [0.2, 0.25) is 0 Å². The molecule has 0 radical (unpaired) electrons. The third kappa shape index (κ3) is 4.89. The number of hydrogen-bond donors (Lipinski definition) is 1. The number of carbonyl (C=O) groups is 1. The number of likely N-dealkylation sites (tertiary alicyclic amines) is 1. The van der Waals surface area contributed by atoms with Gasteiger partial charge in [-0.05, 0) is 42.9 Å². The number of nitrogens with two attached hydrogens (primary N) is 1. The fourth-order valence-corrected chi connectivity index (χ4v) is 2.77. The van der Waals surface area contributed by atoms with E-state index in [0.717, 1.165) is 31.6 Å². The van der Waals surface area contributed by atoms with E-state index in [4.69, 9.17) is 10.5 Å². The number of piperidine rings is 1. The lowest BCUT2D eigenvalue weighted by molar-refractivity contribution is -0.136. The molecule has 22 heavy (non-hydrogen) atoms. The molecule has 4 nitrogen and oxygen atoms in total. The Hall–Kier alpha value is -1.26. The van der Waals surface area contributed by atoms with Crippen molar-refractivity contribution in [2.24, 2.45) is 5.73 Å². The molecule has 1 heterocycles. The maximum absolute atomic E-state index is 12.3. The van der Waals surface area contributed by atoms with Crippen LogP contribution in [0.1, 0.15) is 44.6 Å². The van der Waals surface area contributed by atoms with Gasteiger partial charge in [-0.25, -0.2) is 0 Å². The second kappa shape index (κ2) is 9.01. The Kier molecular flexibility index (Phi) is 7.69. The van der Waals surface area contributed by atoms with Crippen LogP contribution in [0.15, 0.2) is 24.3 Å². The molecule has 1 aliphatic heterocycles. The maximum atomic E-state index is 12.3. The van der Waals surface area contributed by atoms with E-state index in [-0.39, 0.29) is 31.0 Å². The normalized spacial score (nSPS) is 18.0. The average molecular weight is 327 g/mol. The van der Waals surface area contributed by atoms with Crippen LogP contribution in [0.2, 0.25) is 0 Å². The van der Waals surface area contributed by atoms with Gasteiger partial charge in [-0.2, -0.15) is 0 Å². The van der Waals surface area contributed by atoms with Crippen molar-refractivity contribution in [2.75, 3.05) is 19.7 Å². The Morgan fingerprint density at radius 3 is 2.86 bits per heavy atom. The van der Waals surface area contributed by atoms with Gasteiger partial charge in [0.05, 0.1) is 0 Å². The van der Waals surface area contributed by atoms with Crippen LogP contribution >= 0.6 is 12.4 Å². The second-order valence-electron chi connectivity index (χ2n) is 5.99. The summed E-state index contributed by atoms with van der Waals surface area (Å²) in [6, 6.07) is 8.13. The first kappa shape index (κ1) is 18.8. The highest BCUT2D eigenvalue weighted by Gasteiger charge is 2.25. The van der Waals surface area contributed by atoms with Crippen LogP contribution < -0.4 is 10.5 Å². The molecule has 5 heteroatoms. The topological polar surface area (TPSA) is 55.6 Å². The number of carbonyl (C=O) groups excluding carboxylic acids is 1. The van der Waals surface area contributed by atoms with E-state index in [0.29, 0.717) is 12.5 Å². The molecule has 0 bridgehead atoms. The standard InChI is InChI=1S/C17H26N2O2.ClH/c1-13(2)14-6-5-8-16(10-14)21-12-17(20)19-9-4-3-7-15(19)11-18;/h5-6,8,10,13,15H,3-4,7,9,11-12,18H2,1-2H3;1H. The van der Waals surface area contributed by atoms with Crippen LogP contribution in [0.3, 0.4) is 0 Å². The van der Waals surface area contributed by atoms with Crippen molar-refractivity contribution in [1.82, 2.24) is 4.90 Å². The molecule has 1 amide bonds. The minimum Gasteiger partial charge on any atom is -0.484 e. The molecule has 2 rings (SSSR count). The molecule has 0 aliphatic carbocycles. The third-order valence-corrected chi connectivity index (χ3v) is 4.11. The Morgan fingerprint density at radius 1 is 1.41 bits per heavy atom. The van der Waals surface area contributed by atoms with Crippen molar-refractivity contribution in [3.8, 4) is 5.75 Å². The van der Waals surface area contributed by atoms with E-state index < -0.39 is 0 Å². The van der Waals surface area contributed by atoms with E-state index >= 15 is 0 Å². The highest BCUT2D eigenvalue weighted by atomic mass is 35.5. The first-order valence-corrected chi connectivity index (χ1v) is 7.84. The first-order valence-electron chi connectivity index (χ1n) is 7.84. The van der Waals surface area contributed by atoms with Crippen molar-refractivity contribution in [3.05, 3.63) is 29.8 Å². The number of halogens is 1. The highest BCUT2D eigenvalue weighted by Crippen LogP contribution is 2.21. The smallest absolute Gasteiger partial charge is 0.260 e. The van der Waals surface area contributed by atoms with Crippen LogP contribution in [-0.4, -0.2) is 36.5 Å². The van der Waals surface area contributed by atoms with Crippen molar-refractivity contribution in [3.63, 3.8) is 0 Å². The van der Waals surface area contributed by atoms with E-state index in [9.17, 15) is 4.79 Å². The molecule has 1 saturated heterocycles. The molecule has 0 aromatic heterocycles. The highest BCUT2D eigenvalue weighted by molar-refractivity contribution is 5.85. The molecule has 124 valence electrons. The summed E-state index contributed by atoms with van der Waals surface area (Å²) in [6.45, 7) is 5.72.